The number of para-hydroxylation sites is 1. The van der Waals surface area contributed by atoms with Crippen LogP contribution in [-0.2, 0) is 16.1 Å². The van der Waals surface area contributed by atoms with Crippen molar-refractivity contribution in [3.63, 3.8) is 0 Å². The maximum atomic E-state index is 12.0. The summed E-state index contributed by atoms with van der Waals surface area (Å²) in [6.45, 7) is -0.0794. The highest BCUT2D eigenvalue weighted by molar-refractivity contribution is 6.30. The molecule has 1 N–H and O–H groups in total. The van der Waals surface area contributed by atoms with Gasteiger partial charge >= 0.3 is 5.97 Å². The van der Waals surface area contributed by atoms with E-state index < -0.39 is 5.97 Å². The molecule has 0 spiro atoms. The van der Waals surface area contributed by atoms with Gasteiger partial charge in [-0.15, -0.1) is 0 Å². The highest BCUT2D eigenvalue weighted by Gasteiger charge is 2.05. The zero-order chi connectivity index (χ0) is 16.9. The van der Waals surface area contributed by atoms with Gasteiger partial charge in [0.25, 0.3) is 5.56 Å². The van der Waals surface area contributed by atoms with Crippen LogP contribution in [0.2, 0.25) is 5.02 Å². The Hall–Kier alpha value is -2.85. The Kier molecular flexibility index (Phi) is 4.77. The lowest BCUT2D eigenvalue weighted by Gasteiger charge is -2.04. The summed E-state index contributed by atoms with van der Waals surface area (Å²) in [4.78, 5) is 26.5. The van der Waals surface area contributed by atoms with Crippen LogP contribution in [0.1, 0.15) is 11.1 Å². The Balaban J connectivity index is 1.67. The molecule has 0 aliphatic heterocycles. The number of ether oxygens (including phenoxy) is 1. The van der Waals surface area contributed by atoms with Crippen molar-refractivity contribution in [1.29, 1.82) is 0 Å². The van der Waals surface area contributed by atoms with E-state index in [1.54, 1.807) is 36.4 Å². The summed E-state index contributed by atoms with van der Waals surface area (Å²) in [5.41, 5.74) is 1.73. The molecule has 2 aromatic carbocycles. The van der Waals surface area contributed by atoms with E-state index in [2.05, 4.69) is 4.98 Å². The summed E-state index contributed by atoms with van der Waals surface area (Å²) in [5, 5.41) is 1.52. The van der Waals surface area contributed by atoms with Gasteiger partial charge < -0.3 is 9.72 Å². The number of nitrogens with one attached hydrogen (secondary N) is 1. The van der Waals surface area contributed by atoms with Crippen LogP contribution in [0.15, 0.2) is 65.5 Å². The molecule has 0 saturated heterocycles. The molecule has 120 valence electrons. The fraction of sp³-hybridized carbons (Fsp3) is 0.0526. The third kappa shape index (κ3) is 3.91. The molecular formula is C19H14ClNO3. The third-order valence-electron chi connectivity index (χ3n) is 3.48. The van der Waals surface area contributed by atoms with Crippen LogP contribution in [0.25, 0.3) is 17.0 Å². The minimum absolute atomic E-state index is 0.0794. The molecule has 0 amide bonds. The molecule has 24 heavy (non-hydrogen) atoms. The fourth-order valence-electron chi connectivity index (χ4n) is 2.23. The van der Waals surface area contributed by atoms with Gasteiger partial charge in [0.2, 0.25) is 0 Å². The number of benzene rings is 2. The average molecular weight is 340 g/mol. The molecular weight excluding hydrogens is 326 g/mol. The largest absolute Gasteiger partial charge is 0.457 e. The minimum Gasteiger partial charge on any atom is -0.457 e. The number of esters is 1. The first-order chi connectivity index (χ1) is 11.6. The Bertz CT molecular complexity index is 958. The zero-order valence-electron chi connectivity index (χ0n) is 12.7. The Labute approximate surface area is 143 Å². The van der Waals surface area contributed by atoms with Gasteiger partial charge in [-0.05, 0) is 41.3 Å². The van der Waals surface area contributed by atoms with E-state index in [0.717, 1.165) is 16.5 Å². The SMILES string of the molecule is O=C(/C=C/c1ccc(Cl)cc1)OCc1cc2ccccc2[nH]c1=O. The molecule has 5 heteroatoms. The van der Waals surface area contributed by atoms with Crippen LogP contribution in [0.5, 0.6) is 0 Å². The topological polar surface area (TPSA) is 59.2 Å². The number of halogens is 1. The van der Waals surface area contributed by atoms with Gasteiger partial charge in [-0.1, -0.05) is 41.9 Å². The number of H-pyrrole nitrogens is 1. The normalized spacial score (nSPS) is 11.0. The van der Waals surface area contributed by atoms with Crippen molar-refractivity contribution in [3.8, 4) is 0 Å². The molecule has 4 nitrogen and oxygen atoms in total. The van der Waals surface area contributed by atoms with Crippen molar-refractivity contribution in [2.45, 2.75) is 6.61 Å². The van der Waals surface area contributed by atoms with Gasteiger partial charge in [0, 0.05) is 16.6 Å². The quantitative estimate of drug-likeness (QED) is 0.578. The summed E-state index contributed by atoms with van der Waals surface area (Å²) in [6.07, 6.45) is 2.95. The van der Waals surface area contributed by atoms with E-state index >= 15 is 0 Å². The van der Waals surface area contributed by atoms with Crippen molar-refractivity contribution in [1.82, 2.24) is 4.98 Å². The maximum Gasteiger partial charge on any atom is 0.331 e. The first-order valence-electron chi connectivity index (χ1n) is 7.33. The highest BCUT2D eigenvalue weighted by atomic mass is 35.5. The highest BCUT2D eigenvalue weighted by Crippen LogP contribution is 2.12. The molecule has 0 unspecified atom stereocenters. The maximum absolute atomic E-state index is 12.0. The van der Waals surface area contributed by atoms with Gasteiger partial charge in [-0.3, -0.25) is 4.79 Å². The smallest absolute Gasteiger partial charge is 0.331 e. The van der Waals surface area contributed by atoms with Crippen molar-refractivity contribution < 1.29 is 9.53 Å². The number of fused-ring (bicyclic) bond motifs is 1. The molecule has 3 rings (SSSR count). The number of aromatic nitrogens is 1. The van der Waals surface area contributed by atoms with Gasteiger partial charge in [0.1, 0.15) is 6.61 Å². The summed E-state index contributed by atoms with van der Waals surface area (Å²) in [7, 11) is 0. The number of pyridine rings is 1. The summed E-state index contributed by atoms with van der Waals surface area (Å²) in [6, 6.07) is 16.2. The van der Waals surface area contributed by atoms with Crippen LogP contribution in [-0.4, -0.2) is 11.0 Å². The van der Waals surface area contributed by atoms with Crippen molar-refractivity contribution in [3.05, 3.63) is 87.2 Å². The fourth-order valence-corrected chi connectivity index (χ4v) is 2.36. The van der Waals surface area contributed by atoms with Crippen LogP contribution in [0, 0.1) is 0 Å². The Morgan fingerprint density at radius 1 is 1.12 bits per heavy atom. The summed E-state index contributed by atoms with van der Waals surface area (Å²) < 4.78 is 5.13. The number of hydrogen-bond donors (Lipinski definition) is 1. The third-order valence-corrected chi connectivity index (χ3v) is 3.73. The van der Waals surface area contributed by atoms with E-state index in [9.17, 15) is 9.59 Å². The summed E-state index contributed by atoms with van der Waals surface area (Å²) >= 11 is 5.80. The molecule has 1 heterocycles. The number of hydrogen-bond acceptors (Lipinski definition) is 3. The first-order valence-corrected chi connectivity index (χ1v) is 7.71. The van der Waals surface area contributed by atoms with Crippen LogP contribution in [0.3, 0.4) is 0 Å². The number of carbonyl (C=O) groups is 1. The lowest BCUT2D eigenvalue weighted by Crippen LogP contribution is -2.14. The van der Waals surface area contributed by atoms with Gasteiger partial charge in [0.15, 0.2) is 0 Å². The van der Waals surface area contributed by atoms with Crippen LogP contribution < -0.4 is 5.56 Å². The van der Waals surface area contributed by atoms with Crippen LogP contribution >= 0.6 is 11.6 Å². The van der Waals surface area contributed by atoms with Gasteiger partial charge in [0.05, 0.1) is 5.56 Å². The zero-order valence-corrected chi connectivity index (χ0v) is 13.4. The molecule has 0 atom stereocenters. The van der Waals surface area contributed by atoms with Crippen molar-refractivity contribution >= 4 is 34.5 Å². The van der Waals surface area contributed by atoms with E-state index in [4.69, 9.17) is 16.3 Å². The predicted molar refractivity (Wildman–Crippen MR) is 94.9 cm³/mol. The van der Waals surface area contributed by atoms with E-state index in [-0.39, 0.29) is 12.2 Å². The van der Waals surface area contributed by atoms with Crippen LogP contribution in [0.4, 0.5) is 0 Å². The molecule has 0 fully saturated rings. The van der Waals surface area contributed by atoms with E-state index in [1.807, 2.05) is 24.3 Å². The molecule has 0 aliphatic rings. The van der Waals surface area contributed by atoms with E-state index in [1.165, 1.54) is 6.08 Å². The molecule has 0 saturated carbocycles. The summed E-state index contributed by atoms with van der Waals surface area (Å²) in [5.74, 6) is -0.516. The van der Waals surface area contributed by atoms with Gasteiger partial charge in [-0.25, -0.2) is 4.79 Å². The monoisotopic (exact) mass is 339 g/mol. The first kappa shape index (κ1) is 16.0. The number of aromatic amines is 1. The average Bonchev–Trinajstić information content (AvgIpc) is 2.59. The minimum atomic E-state index is -0.516. The van der Waals surface area contributed by atoms with Crippen molar-refractivity contribution in [2.24, 2.45) is 0 Å². The lowest BCUT2D eigenvalue weighted by atomic mass is 10.1. The molecule has 0 aliphatic carbocycles. The number of rotatable bonds is 4. The Morgan fingerprint density at radius 2 is 1.88 bits per heavy atom. The number of carbonyl (C=O) groups excluding carboxylic acids is 1. The van der Waals surface area contributed by atoms with E-state index in [0.29, 0.717) is 10.6 Å². The van der Waals surface area contributed by atoms with Crippen molar-refractivity contribution in [2.75, 3.05) is 0 Å². The second-order valence-electron chi connectivity index (χ2n) is 5.20. The molecule has 1 aromatic heterocycles. The molecule has 0 radical (unpaired) electrons. The van der Waals surface area contributed by atoms with Gasteiger partial charge in [-0.2, -0.15) is 0 Å². The second kappa shape index (κ2) is 7.15. The lowest BCUT2D eigenvalue weighted by molar-refractivity contribution is -0.138. The second-order valence-corrected chi connectivity index (χ2v) is 5.64. The standard InChI is InChI=1S/C19H14ClNO3/c20-16-8-5-13(6-9-16)7-10-18(22)24-12-15-11-14-3-1-2-4-17(14)21-19(15)23/h1-11H,12H2,(H,21,23)/b10-7+. The Morgan fingerprint density at radius 3 is 2.67 bits per heavy atom. The molecule has 0 bridgehead atoms. The predicted octanol–water partition coefficient (Wildman–Crippen LogP) is 3.94. The molecule has 3 aromatic rings.